The summed E-state index contributed by atoms with van der Waals surface area (Å²) in [6.07, 6.45) is 0.750. The zero-order chi connectivity index (χ0) is 15.6. The average Bonchev–Trinajstić information content (AvgIpc) is 2.82. The predicted octanol–water partition coefficient (Wildman–Crippen LogP) is 2.01. The van der Waals surface area contributed by atoms with Crippen LogP contribution in [0.25, 0.3) is 0 Å². The van der Waals surface area contributed by atoms with Crippen molar-refractivity contribution >= 4 is 17.6 Å². The van der Waals surface area contributed by atoms with Crippen molar-refractivity contribution in [3.63, 3.8) is 0 Å². The van der Waals surface area contributed by atoms with E-state index in [0.717, 1.165) is 28.7 Å². The van der Waals surface area contributed by atoms with Gasteiger partial charge in [0.2, 0.25) is 0 Å². The van der Waals surface area contributed by atoms with Gasteiger partial charge in [0.05, 0.1) is 0 Å². The highest BCUT2D eigenvalue weighted by atomic mass is 32.2. The quantitative estimate of drug-likeness (QED) is 0.821. The molecule has 2 heterocycles. The van der Waals surface area contributed by atoms with E-state index < -0.39 is 0 Å². The summed E-state index contributed by atoms with van der Waals surface area (Å²) >= 11 is 1.38. The van der Waals surface area contributed by atoms with Crippen LogP contribution in [0.4, 0.5) is 5.82 Å². The average molecular weight is 308 g/mol. The van der Waals surface area contributed by atoms with E-state index in [2.05, 4.69) is 25.5 Å². The molecule has 21 heavy (non-hydrogen) atoms. The molecule has 0 atom stereocenters. The number of anilines is 1. The molecule has 0 spiro atoms. The molecule has 2 rings (SSSR count). The van der Waals surface area contributed by atoms with Gasteiger partial charge in [0.1, 0.15) is 16.7 Å². The van der Waals surface area contributed by atoms with Gasteiger partial charge in [-0.25, -0.2) is 19.9 Å². The topological polar surface area (TPSA) is 88.5 Å². The zero-order valence-corrected chi connectivity index (χ0v) is 13.7. The van der Waals surface area contributed by atoms with Crippen molar-refractivity contribution in [2.75, 3.05) is 12.4 Å². The lowest BCUT2D eigenvalue weighted by molar-refractivity contribution is 0.533. The van der Waals surface area contributed by atoms with Gasteiger partial charge in [-0.05, 0) is 32.5 Å². The lowest BCUT2D eigenvalue weighted by Crippen LogP contribution is -2.19. The molecule has 0 saturated heterocycles. The van der Waals surface area contributed by atoms with Crippen molar-refractivity contribution in [2.24, 2.45) is 0 Å². The highest BCUT2D eigenvalue weighted by Gasteiger charge is 2.17. The number of hydrogen-bond donors (Lipinski definition) is 2. The molecule has 0 saturated carbocycles. The number of rotatable bonds is 5. The summed E-state index contributed by atoms with van der Waals surface area (Å²) in [6.45, 7) is 7.86. The Bertz CT molecular complexity index is 690. The van der Waals surface area contributed by atoms with E-state index in [0.29, 0.717) is 5.16 Å². The van der Waals surface area contributed by atoms with E-state index in [1.54, 1.807) is 4.57 Å². The largest absolute Gasteiger partial charge is 0.373 e. The second kappa shape index (κ2) is 6.30. The number of nitrogens with one attached hydrogen (secondary N) is 2. The van der Waals surface area contributed by atoms with Gasteiger partial charge in [-0.3, -0.25) is 4.57 Å². The van der Waals surface area contributed by atoms with Crippen LogP contribution in [0, 0.1) is 6.92 Å². The van der Waals surface area contributed by atoms with Crippen LogP contribution < -0.4 is 11.0 Å². The highest BCUT2D eigenvalue weighted by molar-refractivity contribution is 7.99. The zero-order valence-electron chi connectivity index (χ0n) is 12.9. The van der Waals surface area contributed by atoms with Crippen LogP contribution >= 0.6 is 11.8 Å². The fourth-order valence-electron chi connectivity index (χ4n) is 1.95. The number of aromatic amines is 1. The Hall–Kier alpha value is -1.83. The van der Waals surface area contributed by atoms with Gasteiger partial charge in [0, 0.05) is 25.1 Å². The first-order valence-corrected chi connectivity index (χ1v) is 7.69. The summed E-state index contributed by atoms with van der Waals surface area (Å²) in [5.41, 5.74) is 0.745. The maximum absolute atomic E-state index is 11.8. The van der Waals surface area contributed by atoms with Gasteiger partial charge >= 0.3 is 5.69 Å². The molecular formula is C13H20N6OS. The smallest absolute Gasteiger partial charge is 0.344 e. The van der Waals surface area contributed by atoms with E-state index in [-0.39, 0.29) is 11.7 Å². The van der Waals surface area contributed by atoms with E-state index in [1.165, 1.54) is 11.8 Å². The highest BCUT2D eigenvalue weighted by Crippen LogP contribution is 2.30. The lowest BCUT2D eigenvalue weighted by Gasteiger charge is -2.12. The molecule has 114 valence electrons. The van der Waals surface area contributed by atoms with Gasteiger partial charge in [0.25, 0.3) is 0 Å². The van der Waals surface area contributed by atoms with E-state index in [4.69, 9.17) is 0 Å². The predicted molar refractivity (Wildman–Crippen MR) is 83.0 cm³/mol. The van der Waals surface area contributed by atoms with Gasteiger partial charge in [0.15, 0.2) is 5.16 Å². The van der Waals surface area contributed by atoms with Crippen molar-refractivity contribution in [3.05, 3.63) is 21.9 Å². The van der Waals surface area contributed by atoms with E-state index in [1.807, 2.05) is 34.7 Å². The Morgan fingerprint density at radius 2 is 2.10 bits per heavy atom. The van der Waals surface area contributed by atoms with Crippen LogP contribution in [-0.2, 0) is 6.42 Å². The van der Waals surface area contributed by atoms with Crippen LogP contribution in [0.2, 0.25) is 0 Å². The Morgan fingerprint density at radius 1 is 1.38 bits per heavy atom. The van der Waals surface area contributed by atoms with Crippen molar-refractivity contribution in [3.8, 4) is 0 Å². The molecule has 0 radical (unpaired) electrons. The molecule has 0 amide bonds. The van der Waals surface area contributed by atoms with Crippen molar-refractivity contribution in [1.29, 1.82) is 0 Å². The van der Waals surface area contributed by atoms with Gasteiger partial charge in [-0.1, -0.05) is 6.92 Å². The van der Waals surface area contributed by atoms with E-state index >= 15 is 0 Å². The standard InChI is InChI=1S/C13H20N6OS/c1-6-9-15-10(14-5)8(4)11(16-9)21-13-18-17-12(20)19(13)7(2)3/h7H,6H2,1-5H3,(H,17,20)(H,14,15,16). The summed E-state index contributed by atoms with van der Waals surface area (Å²) in [5, 5.41) is 11.1. The minimum absolute atomic E-state index is 0.0373. The molecule has 0 aliphatic rings. The molecule has 0 fully saturated rings. The maximum atomic E-state index is 11.8. The SMILES string of the molecule is CCc1nc(NC)c(C)c(Sc2n[nH]c(=O)n2C(C)C)n1. The van der Waals surface area contributed by atoms with Crippen LogP contribution in [0.5, 0.6) is 0 Å². The van der Waals surface area contributed by atoms with Crippen molar-refractivity contribution < 1.29 is 0 Å². The minimum Gasteiger partial charge on any atom is -0.373 e. The first-order valence-electron chi connectivity index (χ1n) is 6.87. The number of H-pyrrole nitrogens is 1. The Labute approximate surface area is 127 Å². The summed E-state index contributed by atoms with van der Waals surface area (Å²) < 4.78 is 1.62. The fourth-order valence-corrected chi connectivity index (χ4v) is 3.00. The second-order valence-electron chi connectivity index (χ2n) is 4.90. The molecule has 8 heteroatoms. The van der Waals surface area contributed by atoms with Crippen molar-refractivity contribution in [2.45, 2.75) is 50.3 Å². The molecular weight excluding hydrogens is 288 g/mol. The number of nitrogens with zero attached hydrogens (tertiary/aromatic N) is 4. The molecule has 0 unspecified atom stereocenters. The number of hydrogen-bond acceptors (Lipinski definition) is 6. The second-order valence-corrected chi connectivity index (χ2v) is 5.86. The molecule has 2 N–H and O–H groups in total. The van der Waals surface area contributed by atoms with Gasteiger partial charge < -0.3 is 5.32 Å². The Morgan fingerprint density at radius 3 is 2.67 bits per heavy atom. The summed E-state index contributed by atoms with van der Waals surface area (Å²) in [5.74, 6) is 1.57. The summed E-state index contributed by atoms with van der Waals surface area (Å²) in [7, 11) is 1.84. The lowest BCUT2D eigenvalue weighted by atomic mass is 10.3. The molecule has 0 aromatic carbocycles. The third kappa shape index (κ3) is 3.10. The van der Waals surface area contributed by atoms with Gasteiger partial charge in [-0.2, -0.15) is 0 Å². The van der Waals surface area contributed by atoms with Gasteiger partial charge in [-0.15, -0.1) is 5.10 Å². The number of aromatic nitrogens is 5. The molecule has 0 aliphatic carbocycles. The normalized spacial score (nSPS) is 11.1. The monoisotopic (exact) mass is 308 g/mol. The van der Waals surface area contributed by atoms with Crippen LogP contribution in [0.1, 0.15) is 38.2 Å². The Balaban J connectivity index is 2.47. The van der Waals surface area contributed by atoms with Crippen LogP contribution in [-0.4, -0.2) is 31.8 Å². The molecule has 2 aromatic rings. The van der Waals surface area contributed by atoms with Crippen molar-refractivity contribution in [1.82, 2.24) is 24.7 Å². The third-order valence-corrected chi connectivity index (χ3v) is 4.14. The minimum atomic E-state index is -0.205. The summed E-state index contributed by atoms with van der Waals surface area (Å²) in [6, 6.07) is 0.0373. The first kappa shape index (κ1) is 15.6. The van der Waals surface area contributed by atoms with Crippen LogP contribution in [0.15, 0.2) is 15.0 Å². The Kier molecular flexibility index (Phi) is 4.66. The maximum Gasteiger partial charge on any atom is 0.344 e. The third-order valence-electron chi connectivity index (χ3n) is 3.08. The number of aryl methyl sites for hydroxylation is 1. The molecule has 2 aromatic heterocycles. The molecule has 0 aliphatic heterocycles. The molecule has 7 nitrogen and oxygen atoms in total. The fraction of sp³-hybridized carbons (Fsp3) is 0.538. The first-order chi connectivity index (χ1) is 9.97. The van der Waals surface area contributed by atoms with E-state index in [9.17, 15) is 4.79 Å². The molecule has 0 bridgehead atoms. The van der Waals surface area contributed by atoms with Crippen LogP contribution in [0.3, 0.4) is 0 Å². The summed E-state index contributed by atoms with van der Waals surface area (Å²) in [4.78, 5) is 20.8.